The lowest BCUT2D eigenvalue weighted by molar-refractivity contribution is -0.113. The second-order valence-corrected chi connectivity index (χ2v) is 6.23. The number of hydrogen-bond donors (Lipinski definition) is 0. The minimum absolute atomic E-state index is 0.208. The van der Waals surface area contributed by atoms with Crippen molar-refractivity contribution in [1.29, 1.82) is 0 Å². The van der Waals surface area contributed by atoms with Gasteiger partial charge in [0.2, 0.25) is 0 Å². The first-order valence-electron chi connectivity index (χ1n) is 5.95. The lowest BCUT2D eigenvalue weighted by atomic mass is 9.64. The lowest BCUT2D eigenvalue weighted by Crippen LogP contribution is -2.29. The summed E-state index contributed by atoms with van der Waals surface area (Å²) >= 11 is 0. The Morgan fingerprint density at radius 1 is 1.13 bits per heavy atom. The van der Waals surface area contributed by atoms with Crippen LogP contribution >= 0.6 is 0 Å². The number of hydrogen-bond acceptors (Lipinski definition) is 1. The Morgan fingerprint density at radius 3 is 2.20 bits per heavy atom. The molecule has 1 aliphatic rings. The Labute approximate surface area is 93.9 Å². The molecule has 1 saturated carbocycles. The Kier molecular flexibility index (Phi) is 3.42. The number of carbonyl (C=O) groups is 1. The molecule has 1 fully saturated rings. The molecule has 1 aliphatic carbocycles. The molecule has 0 saturated heterocycles. The minimum Gasteiger partial charge on any atom is -0.295 e. The predicted molar refractivity (Wildman–Crippen MR) is 64.8 cm³/mol. The van der Waals surface area contributed by atoms with Gasteiger partial charge in [0.25, 0.3) is 0 Å². The molecule has 0 spiro atoms. The van der Waals surface area contributed by atoms with Gasteiger partial charge in [-0.15, -0.1) is 0 Å². The summed E-state index contributed by atoms with van der Waals surface area (Å²) in [5.74, 6) is 0.208. The van der Waals surface area contributed by atoms with Crippen LogP contribution in [-0.4, -0.2) is 5.78 Å². The molecule has 86 valence electrons. The maximum absolute atomic E-state index is 11.3. The second-order valence-electron chi connectivity index (χ2n) is 6.23. The maximum atomic E-state index is 11.3. The first-order valence-corrected chi connectivity index (χ1v) is 5.95. The van der Waals surface area contributed by atoms with Gasteiger partial charge in [-0.05, 0) is 49.5 Å². The molecule has 0 aromatic rings. The summed E-state index contributed by atoms with van der Waals surface area (Å²) in [6, 6.07) is 0. The van der Waals surface area contributed by atoms with Crippen LogP contribution in [0.4, 0.5) is 0 Å². The highest BCUT2D eigenvalue weighted by Gasteiger charge is 2.35. The van der Waals surface area contributed by atoms with E-state index < -0.39 is 0 Å². The van der Waals surface area contributed by atoms with Crippen LogP contribution in [0.15, 0.2) is 11.6 Å². The lowest BCUT2D eigenvalue weighted by Gasteiger charge is -2.41. The molecule has 0 amide bonds. The van der Waals surface area contributed by atoms with E-state index in [1.165, 1.54) is 25.7 Å². The van der Waals surface area contributed by atoms with E-state index >= 15 is 0 Å². The molecule has 0 aromatic heterocycles. The molecule has 0 aliphatic heterocycles. The zero-order valence-electron chi connectivity index (χ0n) is 10.8. The van der Waals surface area contributed by atoms with Crippen LogP contribution in [0.25, 0.3) is 0 Å². The zero-order chi connectivity index (χ0) is 11.7. The van der Waals surface area contributed by atoms with Gasteiger partial charge in [-0.25, -0.2) is 0 Å². The smallest absolute Gasteiger partial charge is 0.155 e. The van der Waals surface area contributed by atoms with Crippen molar-refractivity contribution in [1.82, 2.24) is 0 Å². The van der Waals surface area contributed by atoms with Gasteiger partial charge in [0, 0.05) is 0 Å². The highest BCUT2D eigenvalue weighted by atomic mass is 16.1. The molecule has 0 heterocycles. The average molecular weight is 208 g/mol. The Balaban J connectivity index is 2.83. The Bertz CT molecular complexity index is 286. The first-order chi connectivity index (χ1) is 6.74. The summed E-state index contributed by atoms with van der Waals surface area (Å²) in [7, 11) is 0. The quantitative estimate of drug-likeness (QED) is 0.624. The first kappa shape index (κ1) is 12.5. The number of rotatable bonds is 2. The van der Waals surface area contributed by atoms with Crippen molar-refractivity contribution in [3.63, 3.8) is 0 Å². The molecule has 0 bridgehead atoms. The normalized spacial score (nSPS) is 31.4. The van der Waals surface area contributed by atoms with E-state index in [0.717, 1.165) is 5.57 Å². The standard InChI is InChI=1S/C14H24O/c1-11(12(2)15)9-14(5)8-6-7-13(3,4)10-14/h9H,6-8,10H2,1-5H3. The average Bonchev–Trinajstić information content (AvgIpc) is 1.99. The predicted octanol–water partition coefficient (Wildman–Crippen LogP) is 4.13. The minimum atomic E-state index is 0.208. The molecular weight excluding hydrogens is 184 g/mol. The van der Waals surface area contributed by atoms with E-state index in [0.29, 0.717) is 5.41 Å². The Hall–Kier alpha value is -0.590. The van der Waals surface area contributed by atoms with Gasteiger partial charge in [-0.2, -0.15) is 0 Å². The molecule has 0 aromatic carbocycles. The number of allylic oxidation sites excluding steroid dienone is 2. The van der Waals surface area contributed by atoms with Crippen LogP contribution in [0.5, 0.6) is 0 Å². The molecule has 0 radical (unpaired) electrons. The van der Waals surface area contributed by atoms with E-state index in [1.807, 2.05) is 6.92 Å². The SMILES string of the molecule is CC(=O)C(C)=CC1(C)CCCC(C)(C)C1. The Morgan fingerprint density at radius 2 is 1.73 bits per heavy atom. The highest BCUT2D eigenvalue weighted by Crippen LogP contribution is 2.47. The van der Waals surface area contributed by atoms with E-state index in [1.54, 1.807) is 6.92 Å². The molecule has 1 nitrogen and oxygen atoms in total. The second kappa shape index (κ2) is 4.11. The highest BCUT2D eigenvalue weighted by molar-refractivity contribution is 5.92. The summed E-state index contributed by atoms with van der Waals surface area (Å²) in [5.41, 5.74) is 1.59. The van der Waals surface area contributed by atoms with Crippen LogP contribution < -0.4 is 0 Å². The molecule has 1 heteroatoms. The third-order valence-corrected chi connectivity index (χ3v) is 3.60. The topological polar surface area (TPSA) is 17.1 Å². The number of carbonyl (C=O) groups excluding carboxylic acids is 1. The van der Waals surface area contributed by atoms with Crippen molar-refractivity contribution in [2.24, 2.45) is 10.8 Å². The van der Waals surface area contributed by atoms with Crippen molar-refractivity contribution in [3.8, 4) is 0 Å². The summed E-state index contributed by atoms with van der Waals surface area (Å²) in [4.78, 5) is 11.3. The van der Waals surface area contributed by atoms with Gasteiger partial charge >= 0.3 is 0 Å². The number of Topliss-reactive ketones (excluding diaryl/α,β-unsaturated/α-hetero) is 1. The van der Waals surface area contributed by atoms with Gasteiger partial charge < -0.3 is 0 Å². The van der Waals surface area contributed by atoms with E-state index in [2.05, 4.69) is 26.8 Å². The van der Waals surface area contributed by atoms with E-state index in [4.69, 9.17) is 0 Å². The van der Waals surface area contributed by atoms with Crippen molar-refractivity contribution >= 4 is 5.78 Å². The largest absolute Gasteiger partial charge is 0.295 e. The van der Waals surface area contributed by atoms with Crippen molar-refractivity contribution < 1.29 is 4.79 Å². The van der Waals surface area contributed by atoms with Crippen molar-refractivity contribution in [2.45, 2.75) is 60.3 Å². The van der Waals surface area contributed by atoms with Gasteiger partial charge in [-0.1, -0.05) is 33.3 Å². The van der Waals surface area contributed by atoms with Gasteiger partial charge in [-0.3, -0.25) is 4.79 Å². The molecule has 1 atom stereocenters. The molecular formula is C14H24O. The van der Waals surface area contributed by atoms with Crippen LogP contribution in [0.2, 0.25) is 0 Å². The molecule has 15 heavy (non-hydrogen) atoms. The maximum Gasteiger partial charge on any atom is 0.155 e. The third kappa shape index (κ3) is 3.48. The summed E-state index contributed by atoms with van der Waals surface area (Å²) in [6.07, 6.45) is 7.22. The summed E-state index contributed by atoms with van der Waals surface area (Å²) < 4.78 is 0. The van der Waals surface area contributed by atoms with E-state index in [9.17, 15) is 4.79 Å². The van der Waals surface area contributed by atoms with Crippen LogP contribution in [0.3, 0.4) is 0 Å². The van der Waals surface area contributed by atoms with Crippen LogP contribution in [-0.2, 0) is 4.79 Å². The molecule has 0 N–H and O–H groups in total. The fourth-order valence-electron chi connectivity index (χ4n) is 2.99. The molecule has 1 unspecified atom stereocenters. The van der Waals surface area contributed by atoms with Gasteiger partial charge in [0.05, 0.1) is 0 Å². The van der Waals surface area contributed by atoms with Crippen molar-refractivity contribution in [3.05, 3.63) is 11.6 Å². The van der Waals surface area contributed by atoms with Crippen molar-refractivity contribution in [2.75, 3.05) is 0 Å². The zero-order valence-corrected chi connectivity index (χ0v) is 10.8. The molecule has 1 rings (SSSR count). The third-order valence-electron chi connectivity index (χ3n) is 3.60. The van der Waals surface area contributed by atoms with Gasteiger partial charge in [0.1, 0.15) is 0 Å². The summed E-state index contributed by atoms with van der Waals surface area (Å²) in [6.45, 7) is 10.6. The summed E-state index contributed by atoms with van der Waals surface area (Å²) in [5, 5.41) is 0. The van der Waals surface area contributed by atoms with Gasteiger partial charge in [0.15, 0.2) is 5.78 Å². The monoisotopic (exact) mass is 208 g/mol. The fourth-order valence-corrected chi connectivity index (χ4v) is 2.99. The van der Waals surface area contributed by atoms with Crippen LogP contribution in [0, 0.1) is 10.8 Å². The van der Waals surface area contributed by atoms with Crippen LogP contribution in [0.1, 0.15) is 60.3 Å². The number of ketones is 1. The van der Waals surface area contributed by atoms with E-state index in [-0.39, 0.29) is 11.2 Å². The fraction of sp³-hybridized carbons (Fsp3) is 0.786.